The lowest BCUT2D eigenvalue weighted by atomic mass is 10.1. The molecule has 0 aliphatic heterocycles. The zero-order valence-electron chi connectivity index (χ0n) is 15.5. The Labute approximate surface area is 154 Å². The monoisotopic (exact) mass is 411 g/mol. The topological polar surface area (TPSA) is 30.5 Å². The third-order valence-electron chi connectivity index (χ3n) is 3.75. The molecule has 0 aromatic heterocycles. The minimum absolute atomic E-state index is 0.720. The van der Waals surface area contributed by atoms with Gasteiger partial charge in [0.15, 0.2) is 0 Å². The molecule has 5 heteroatoms. The fourth-order valence-corrected chi connectivity index (χ4v) is 3.90. The lowest BCUT2D eigenvalue weighted by molar-refractivity contribution is 0.245. The first-order valence-electron chi connectivity index (χ1n) is 9.70. The smallest absolute Gasteiger partial charge is 0.255 e. The average molecular weight is 412 g/mol. The zero-order chi connectivity index (χ0) is 17.0. The minimum atomic E-state index is -0.878. The summed E-state index contributed by atoms with van der Waals surface area (Å²) in [6.07, 6.45) is 15.8. The first-order chi connectivity index (χ1) is 11.3. The van der Waals surface area contributed by atoms with Crippen LogP contribution in [0.4, 0.5) is 0 Å². The second-order valence-electron chi connectivity index (χ2n) is 5.99. The molecule has 0 fully saturated rings. The van der Waals surface area contributed by atoms with Gasteiger partial charge in [0, 0.05) is 11.9 Å². The molecule has 0 rings (SSSR count). The van der Waals surface area contributed by atoms with Gasteiger partial charge < -0.3 is 9.05 Å². The molecule has 1 unspecified atom stereocenters. The molecule has 0 heterocycles. The summed E-state index contributed by atoms with van der Waals surface area (Å²) in [6.45, 7) is 6.85. The third-order valence-corrected chi connectivity index (χ3v) is 5.71. The van der Waals surface area contributed by atoms with E-state index >= 15 is 0 Å². The van der Waals surface area contributed by atoms with Crippen molar-refractivity contribution in [2.75, 3.05) is 25.1 Å². The Morgan fingerprint density at radius 2 is 1.35 bits per heavy atom. The maximum atomic E-state index is 5.87. The van der Waals surface area contributed by atoms with Crippen molar-refractivity contribution in [3.05, 3.63) is 0 Å². The van der Waals surface area contributed by atoms with Crippen molar-refractivity contribution in [1.29, 1.82) is 0 Å². The van der Waals surface area contributed by atoms with Crippen LogP contribution < -0.4 is 5.09 Å². The largest absolute Gasteiger partial charge is 0.322 e. The molecule has 0 aromatic carbocycles. The molecule has 0 aliphatic rings. The van der Waals surface area contributed by atoms with E-state index in [1.807, 2.05) is 6.92 Å². The molecule has 1 N–H and O–H groups in total. The van der Waals surface area contributed by atoms with E-state index in [2.05, 4.69) is 27.9 Å². The van der Waals surface area contributed by atoms with Gasteiger partial charge in [-0.1, -0.05) is 80.6 Å². The van der Waals surface area contributed by atoms with Gasteiger partial charge in [0.1, 0.15) is 0 Å². The number of rotatable bonds is 19. The summed E-state index contributed by atoms with van der Waals surface area (Å²) in [5, 5.41) is 4.51. The van der Waals surface area contributed by atoms with E-state index in [0.717, 1.165) is 31.5 Å². The number of halogens is 1. The molecule has 0 amide bonds. The number of alkyl halides is 1. The molecule has 1 atom stereocenters. The van der Waals surface area contributed by atoms with Crippen molar-refractivity contribution >= 4 is 24.5 Å². The Balaban J connectivity index is 3.38. The SMILES string of the molecule is CCCCCCCCCCCOP(NCCCCCBr)OCC. The predicted molar refractivity (Wildman–Crippen MR) is 107 cm³/mol. The highest BCUT2D eigenvalue weighted by atomic mass is 79.9. The van der Waals surface area contributed by atoms with Gasteiger partial charge in [-0.25, -0.2) is 0 Å². The second kappa shape index (κ2) is 20.8. The highest BCUT2D eigenvalue weighted by Gasteiger charge is 2.08. The molecule has 0 bridgehead atoms. The second-order valence-corrected chi connectivity index (χ2v) is 8.13. The Bertz CT molecular complexity index is 223. The molecule has 0 saturated heterocycles. The van der Waals surface area contributed by atoms with Gasteiger partial charge in [0.25, 0.3) is 8.53 Å². The highest BCUT2D eigenvalue weighted by molar-refractivity contribution is 9.09. The predicted octanol–water partition coefficient (Wildman–Crippen LogP) is 6.95. The molecular formula is C18H39BrNO2P. The molecule has 0 spiro atoms. The lowest BCUT2D eigenvalue weighted by Crippen LogP contribution is -2.13. The first-order valence-corrected chi connectivity index (χ1v) is 12.0. The van der Waals surface area contributed by atoms with Crippen LogP contribution >= 0.6 is 24.5 Å². The van der Waals surface area contributed by atoms with Crippen molar-refractivity contribution in [1.82, 2.24) is 5.09 Å². The summed E-state index contributed by atoms with van der Waals surface area (Å²) in [4.78, 5) is 0. The van der Waals surface area contributed by atoms with Gasteiger partial charge in [0.2, 0.25) is 0 Å². The fraction of sp³-hybridized carbons (Fsp3) is 1.00. The van der Waals surface area contributed by atoms with Crippen LogP contribution in [0.3, 0.4) is 0 Å². The van der Waals surface area contributed by atoms with E-state index in [0.29, 0.717) is 0 Å². The molecule has 3 nitrogen and oxygen atoms in total. The Morgan fingerprint density at radius 1 is 0.739 bits per heavy atom. The highest BCUT2D eigenvalue weighted by Crippen LogP contribution is 2.33. The summed E-state index contributed by atoms with van der Waals surface area (Å²) in [6, 6.07) is 0. The summed E-state index contributed by atoms with van der Waals surface area (Å²) in [5.74, 6) is 0. The van der Waals surface area contributed by atoms with Crippen molar-refractivity contribution in [3.8, 4) is 0 Å². The first kappa shape index (κ1) is 23.8. The quantitative estimate of drug-likeness (QED) is 0.141. The van der Waals surface area contributed by atoms with E-state index in [1.165, 1.54) is 70.6 Å². The van der Waals surface area contributed by atoms with Crippen LogP contribution in [0.5, 0.6) is 0 Å². The van der Waals surface area contributed by atoms with Crippen LogP contribution in [0, 0.1) is 0 Å². The van der Waals surface area contributed by atoms with Crippen molar-refractivity contribution < 1.29 is 9.05 Å². The number of hydrogen-bond acceptors (Lipinski definition) is 3. The Hall–Kier alpha value is 0.790. The van der Waals surface area contributed by atoms with Gasteiger partial charge >= 0.3 is 0 Å². The molecular weight excluding hydrogens is 373 g/mol. The van der Waals surface area contributed by atoms with Crippen molar-refractivity contribution in [2.24, 2.45) is 0 Å². The number of unbranched alkanes of at least 4 members (excludes halogenated alkanes) is 10. The zero-order valence-corrected chi connectivity index (χ0v) is 17.9. The summed E-state index contributed by atoms with van der Waals surface area (Å²) in [5.41, 5.74) is 0. The van der Waals surface area contributed by atoms with E-state index < -0.39 is 8.53 Å². The van der Waals surface area contributed by atoms with Crippen LogP contribution in [-0.4, -0.2) is 25.1 Å². The normalized spacial score (nSPS) is 12.7. The average Bonchev–Trinajstić information content (AvgIpc) is 2.56. The Morgan fingerprint density at radius 3 is 1.96 bits per heavy atom. The van der Waals surface area contributed by atoms with Gasteiger partial charge in [-0.05, 0) is 26.2 Å². The van der Waals surface area contributed by atoms with Gasteiger partial charge in [-0.2, -0.15) is 0 Å². The van der Waals surface area contributed by atoms with Crippen LogP contribution in [0.1, 0.15) is 90.9 Å². The van der Waals surface area contributed by atoms with Gasteiger partial charge in [0.05, 0.1) is 13.2 Å². The molecule has 0 aromatic rings. The molecule has 140 valence electrons. The maximum Gasteiger partial charge on any atom is 0.255 e. The summed E-state index contributed by atoms with van der Waals surface area (Å²) < 4.78 is 11.5. The van der Waals surface area contributed by atoms with E-state index in [1.54, 1.807) is 0 Å². The molecule has 23 heavy (non-hydrogen) atoms. The molecule has 0 saturated carbocycles. The van der Waals surface area contributed by atoms with Gasteiger partial charge in [-0.15, -0.1) is 0 Å². The van der Waals surface area contributed by atoms with Crippen LogP contribution in [0.15, 0.2) is 0 Å². The molecule has 0 aliphatic carbocycles. The number of nitrogens with one attached hydrogen (secondary N) is 1. The summed E-state index contributed by atoms with van der Waals surface area (Å²) in [7, 11) is -0.878. The van der Waals surface area contributed by atoms with Crippen LogP contribution in [0.2, 0.25) is 0 Å². The standard InChI is InChI=1S/C18H39BrNO2P/c1-3-5-6-7-8-9-10-11-15-18-22-23(21-4-2)20-17-14-12-13-16-19/h20H,3-18H2,1-2H3. The fourth-order valence-electron chi connectivity index (χ4n) is 2.37. The molecule has 0 radical (unpaired) electrons. The third kappa shape index (κ3) is 19.0. The Kier molecular flexibility index (Phi) is 21.5. The van der Waals surface area contributed by atoms with Gasteiger partial charge in [-0.3, -0.25) is 5.09 Å². The van der Waals surface area contributed by atoms with Crippen molar-refractivity contribution in [2.45, 2.75) is 90.9 Å². The van der Waals surface area contributed by atoms with E-state index in [4.69, 9.17) is 9.05 Å². The summed E-state index contributed by atoms with van der Waals surface area (Å²) >= 11 is 3.46. The lowest BCUT2D eigenvalue weighted by Gasteiger charge is -2.17. The van der Waals surface area contributed by atoms with Crippen molar-refractivity contribution in [3.63, 3.8) is 0 Å². The number of hydrogen-bond donors (Lipinski definition) is 1. The van der Waals surface area contributed by atoms with E-state index in [9.17, 15) is 0 Å². The van der Waals surface area contributed by atoms with Crippen LogP contribution in [0.25, 0.3) is 0 Å². The van der Waals surface area contributed by atoms with Crippen LogP contribution in [-0.2, 0) is 9.05 Å². The van der Waals surface area contributed by atoms with E-state index in [-0.39, 0.29) is 0 Å². The maximum absolute atomic E-state index is 5.87. The minimum Gasteiger partial charge on any atom is -0.322 e.